The number of nitrogens with zero attached hydrogens (tertiary/aromatic N) is 2. The Hall–Kier alpha value is -1.84. The summed E-state index contributed by atoms with van der Waals surface area (Å²) in [7, 11) is 1.94. The van der Waals surface area contributed by atoms with E-state index in [1.54, 1.807) is 13.8 Å². The molecule has 23 heavy (non-hydrogen) atoms. The highest BCUT2D eigenvalue weighted by Gasteiger charge is 2.25. The fraction of sp³-hybridized carbons (Fsp3) is 0.647. The first kappa shape index (κ1) is 17.5. The minimum atomic E-state index is -0.179. The van der Waals surface area contributed by atoms with Gasteiger partial charge in [-0.25, -0.2) is 0 Å². The van der Waals surface area contributed by atoms with Crippen LogP contribution in [-0.2, 0) is 4.79 Å². The van der Waals surface area contributed by atoms with E-state index in [9.17, 15) is 9.90 Å². The van der Waals surface area contributed by atoms with Gasteiger partial charge in [-0.05, 0) is 52.5 Å². The average Bonchev–Trinajstić information content (AvgIpc) is 2.80. The molecule has 0 unspecified atom stereocenters. The largest absolute Gasteiger partial charge is 0.444 e. The molecule has 126 valence electrons. The number of anilines is 1. The lowest BCUT2D eigenvalue weighted by Crippen LogP contribution is -2.40. The second-order valence-electron chi connectivity index (χ2n) is 6.42. The molecule has 0 aromatic carbocycles. The zero-order valence-corrected chi connectivity index (χ0v) is 14.1. The smallest absolute Gasteiger partial charge is 0.240 e. The molecule has 0 aliphatic heterocycles. The zero-order valence-electron chi connectivity index (χ0n) is 14.1. The second-order valence-corrected chi connectivity index (χ2v) is 6.42. The maximum Gasteiger partial charge on any atom is 0.240 e. The van der Waals surface area contributed by atoms with E-state index in [4.69, 9.17) is 9.68 Å². The van der Waals surface area contributed by atoms with Gasteiger partial charge in [0.2, 0.25) is 11.8 Å². The Kier molecular flexibility index (Phi) is 5.80. The van der Waals surface area contributed by atoms with Gasteiger partial charge in [0, 0.05) is 18.2 Å². The van der Waals surface area contributed by atoms with Crippen LogP contribution < -0.4 is 5.32 Å². The molecule has 1 fully saturated rings. The van der Waals surface area contributed by atoms with Crippen molar-refractivity contribution in [2.24, 2.45) is 5.92 Å². The van der Waals surface area contributed by atoms with Gasteiger partial charge in [-0.3, -0.25) is 15.0 Å². The highest BCUT2D eigenvalue weighted by molar-refractivity contribution is 5.92. The molecule has 1 aliphatic rings. The van der Waals surface area contributed by atoms with Crippen molar-refractivity contribution in [3.8, 4) is 6.07 Å². The number of furan rings is 1. The quantitative estimate of drug-likeness (QED) is 0.868. The number of rotatable bonds is 5. The predicted molar refractivity (Wildman–Crippen MR) is 87.0 cm³/mol. The van der Waals surface area contributed by atoms with E-state index in [0.29, 0.717) is 23.3 Å². The number of likely N-dealkylation sites (N-methyl/N-ethyl adjacent to an activating group) is 1. The molecule has 1 heterocycles. The maximum absolute atomic E-state index is 12.2. The lowest BCUT2D eigenvalue weighted by atomic mass is 9.86. The topological polar surface area (TPSA) is 89.5 Å². The molecule has 0 radical (unpaired) electrons. The SMILES string of the molecule is Cc1oc(NC(=O)CN(C)C2CCC(CO)CC2)c(C#N)c1C. The van der Waals surface area contributed by atoms with Crippen LogP contribution in [0.1, 0.15) is 42.6 Å². The third-order valence-corrected chi connectivity index (χ3v) is 4.84. The molecule has 6 heteroatoms. The number of nitrogens with one attached hydrogen (secondary N) is 1. The van der Waals surface area contributed by atoms with Gasteiger partial charge in [0.1, 0.15) is 17.4 Å². The highest BCUT2D eigenvalue weighted by atomic mass is 16.4. The van der Waals surface area contributed by atoms with E-state index in [1.165, 1.54) is 0 Å². The summed E-state index contributed by atoms with van der Waals surface area (Å²) in [4.78, 5) is 14.3. The average molecular weight is 319 g/mol. The summed E-state index contributed by atoms with van der Waals surface area (Å²) in [5, 5.41) is 21.1. The van der Waals surface area contributed by atoms with Crippen molar-refractivity contribution in [2.75, 3.05) is 25.5 Å². The van der Waals surface area contributed by atoms with E-state index in [1.807, 2.05) is 11.9 Å². The Morgan fingerprint density at radius 3 is 2.61 bits per heavy atom. The van der Waals surface area contributed by atoms with Gasteiger partial charge in [0.05, 0.1) is 6.54 Å². The van der Waals surface area contributed by atoms with E-state index in [-0.39, 0.29) is 24.9 Å². The van der Waals surface area contributed by atoms with E-state index >= 15 is 0 Å². The summed E-state index contributed by atoms with van der Waals surface area (Å²) in [6.07, 6.45) is 4.00. The fourth-order valence-electron chi connectivity index (χ4n) is 3.14. The molecule has 1 aromatic heterocycles. The number of carbonyl (C=O) groups is 1. The molecule has 2 N–H and O–H groups in total. The van der Waals surface area contributed by atoms with Crippen LogP contribution in [0.4, 0.5) is 5.88 Å². The lowest BCUT2D eigenvalue weighted by molar-refractivity contribution is -0.117. The summed E-state index contributed by atoms with van der Waals surface area (Å²) >= 11 is 0. The molecule has 0 spiro atoms. The van der Waals surface area contributed by atoms with Crippen molar-refractivity contribution < 1.29 is 14.3 Å². The number of nitriles is 1. The normalized spacial score (nSPS) is 21.2. The van der Waals surface area contributed by atoms with Gasteiger partial charge in [0.15, 0.2) is 0 Å². The lowest BCUT2D eigenvalue weighted by Gasteiger charge is -2.33. The van der Waals surface area contributed by atoms with Gasteiger partial charge >= 0.3 is 0 Å². The number of aryl methyl sites for hydroxylation is 1. The monoisotopic (exact) mass is 319 g/mol. The summed E-state index contributed by atoms with van der Waals surface area (Å²) < 4.78 is 5.46. The minimum absolute atomic E-state index is 0.179. The Balaban J connectivity index is 1.90. The van der Waals surface area contributed by atoms with Crippen molar-refractivity contribution in [2.45, 2.75) is 45.6 Å². The Labute approximate surface area is 137 Å². The molecule has 0 atom stereocenters. The van der Waals surface area contributed by atoms with Gasteiger partial charge in [-0.1, -0.05) is 0 Å². The van der Waals surface area contributed by atoms with Gasteiger partial charge in [-0.15, -0.1) is 0 Å². The molecular weight excluding hydrogens is 294 g/mol. The molecule has 6 nitrogen and oxygen atoms in total. The van der Waals surface area contributed by atoms with Crippen LogP contribution in [0.3, 0.4) is 0 Å². The first-order valence-electron chi connectivity index (χ1n) is 8.07. The van der Waals surface area contributed by atoms with Crippen LogP contribution in [0.2, 0.25) is 0 Å². The van der Waals surface area contributed by atoms with E-state index in [2.05, 4.69) is 11.4 Å². The van der Waals surface area contributed by atoms with Crippen molar-refractivity contribution >= 4 is 11.8 Å². The van der Waals surface area contributed by atoms with Crippen LogP contribution in [0, 0.1) is 31.1 Å². The maximum atomic E-state index is 12.2. The van der Waals surface area contributed by atoms with E-state index < -0.39 is 0 Å². The number of aliphatic hydroxyl groups excluding tert-OH is 1. The van der Waals surface area contributed by atoms with Crippen molar-refractivity contribution in [3.63, 3.8) is 0 Å². The molecule has 0 bridgehead atoms. The number of aliphatic hydroxyl groups is 1. The first-order chi connectivity index (χ1) is 11.0. The molecule has 1 aliphatic carbocycles. The molecular formula is C17H25N3O3. The number of hydrogen-bond donors (Lipinski definition) is 2. The highest BCUT2D eigenvalue weighted by Crippen LogP contribution is 2.27. The Bertz CT molecular complexity index is 595. The van der Waals surface area contributed by atoms with Crippen LogP contribution in [-0.4, -0.2) is 42.2 Å². The van der Waals surface area contributed by atoms with Crippen LogP contribution >= 0.6 is 0 Å². The standard InChI is InChI=1S/C17H25N3O3/c1-11-12(2)23-17(15(11)8-18)19-16(22)9-20(3)14-6-4-13(10-21)5-7-14/h13-14,21H,4-7,9-10H2,1-3H3,(H,19,22). The summed E-state index contributed by atoms with van der Waals surface area (Å²) in [6.45, 7) is 4.10. The Morgan fingerprint density at radius 2 is 2.04 bits per heavy atom. The first-order valence-corrected chi connectivity index (χ1v) is 8.07. The zero-order chi connectivity index (χ0) is 17.0. The molecule has 1 aromatic rings. The molecule has 1 saturated carbocycles. The summed E-state index contributed by atoms with van der Waals surface area (Å²) in [5.41, 5.74) is 1.15. The second kappa shape index (κ2) is 7.62. The van der Waals surface area contributed by atoms with Crippen LogP contribution in [0.25, 0.3) is 0 Å². The van der Waals surface area contributed by atoms with Crippen LogP contribution in [0.15, 0.2) is 4.42 Å². The third-order valence-electron chi connectivity index (χ3n) is 4.84. The van der Waals surface area contributed by atoms with E-state index in [0.717, 1.165) is 31.2 Å². The number of hydrogen-bond acceptors (Lipinski definition) is 5. The summed E-state index contributed by atoms with van der Waals surface area (Å²) in [5.74, 6) is 1.11. The van der Waals surface area contributed by atoms with Crippen molar-refractivity contribution in [1.29, 1.82) is 5.26 Å². The fourth-order valence-corrected chi connectivity index (χ4v) is 3.14. The minimum Gasteiger partial charge on any atom is -0.444 e. The molecule has 1 amide bonds. The van der Waals surface area contributed by atoms with Gasteiger partial charge in [0.25, 0.3) is 0 Å². The Morgan fingerprint density at radius 1 is 1.39 bits per heavy atom. The van der Waals surface area contributed by atoms with Crippen molar-refractivity contribution in [3.05, 3.63) is 16.9 Å². The summed E-state index contributed by atoms with van der Waals surface area (Å²) in [6, 6.07) is 2.43. The van der Waals surface area contributed by atoms with Gasteiger partial charge < -0.3 is 9.52 Å². The molecule has 2 rings (SSSR count). The van der Waals surface area contributed by atoms with Crippen molar-refractivity contribution in [1.82, 2.24) is 4.90 Å². The van der Waals surface area contributed by atoms with Crippen LogP contribution in [0.5, 0.6) is 0 Å². The number of amides is 1. The van der Waals surface area contributed by atoms with Gasteiger partial charge in [-0.2, -0.15) is 5.26 Å². The molecule has 0 saturated heterocycles. The third kappa shape index (κ3) is 4.12. The predicted octanol–water partition coefficient (Wildman–Crippen LogP) is 2.19. The number of carbonyl (C=O) groups excluding carboxylic acids is 1.